The first-order valence-corrected chi connectivity index (χ1v) is 11.7. The topological polar surface area (TPSA) is 86.0 Å². The summed E-state index contributed by atoms with van der Waals surface area (Å²) >= 11 is 2.99. The van der Waals surface area contributed by atoms with Crippen LogP contribution in [0.1, 0.15) is 6.92 Å². The van der Waals surface area contributed by atoms with Crippen molar-refractivity contribution < 1.29 is 4.79 Å². The molecule has 4 rings (SSSR count). The number of fused-ring (bicyclic) bond motifs is 1. The van der Waals surface area contributed by atoms with Crippen molar-refractivity contribution in [3.8, 4) is 11.3 Å². The van der Waals surface area contributed by atoms with E-state index in [9.17, 15) is 14.4 Å². The lowest BCUT2D eigenvalue weighted by Gasteiger charge is -2.12. The maximum Gasteiger partial charge on any atom is 0.331 e. The van der Waals surface area contributed by atoms with E-state index in [1.54, 1.807) is 43.0 Å². The van der Waals surface area contributed by atoms with Gasteiger partial charge < -0.3 is 5.32 Å². The highest BCUT2D eigenvalue weighted by Crippen LogP contribution is 2.26. The highest BCUT2D eigenvalue weighted by atomic mass is 32.2. The maximum atomic E-state index is 12.8. The highest BCUT2D eigenvalue weighted by molar-refractivity contribution is 7.98. The minimum atomic E-state index is -0.505. The third-order valence-electron chi connectivity index (χ3n) is 4.89. The first kappa shape index (κ1) is 21.1. The van der Waals surface area contributed by atoms with Gasteiger partial charge in [-0.2, -0.15) is 0 Å². The summed E-state index contributed by atoms with van der Waals surface area (Å²) in [6, 6.07) is 14.8. The SMILES string of the molecule is CCn1c(=O)c2ccccc2n(CC(=O)Nc2nc(-c3ccc(SC)cc3)cs2)c1=O. The molecular formula is C22H20N4O3S2. The number of aromatic nitrogens is 3. The number of hydrogen-bond donors (Lipinski definition) is 1. The molecule has 0 saturated carbocycles. The van der Waals surface area contributed by atoms with Crippen molar-refractivity contribution >= 4 is 45.0 Å². The smallest absolute Gasteiger partial charge is 0.300 e. The van der Waals surface area contributed by atoms with E-state index in [1.165, 1.54) is 20.8 Å². The van der Waals surface area contributed by atoms with Gasteiger partial charge in [-0.15, -0.1) is 23.1 Å². The molecule has 0 bridgehead atoms. The van der Waals surface area contributed by atoms with Gasteiger partial charge in [0.1, 0.15) is 6.54 Å². The van der Waals surface area contributed by atoms with Gasteiger partial charge in [-0.3, -0.25) is 18.7 Å². The van der Waals surface area contributed by atoms with Crippen molar-refractivity contribution in [1.29, 1.82) is 0 Å². The van der Waals surface area contributed by atoms with Crippen molar-refractivity contribution in [1.82, 2.24) is 14.1 Å². The van der Waals surface area contributed by atoms with E-state index in [1.807, 2.05) is 35.9 Å². The summed E-state index contributed by atoms with van der Waals surface area (Å²) in [5.74, 6) is -0.382. The van der Waals surface area contributed by atoms with Crippen molar-refractivity contribution in [3.63, 3.8) is 0 Å². The summed E-state index contributed by atoms with van der Waals surface area (Å²) in [5.41, 5.74) is 1.32. The molecule has 0 fully saturated rings. The zero-order chi connectivity index (χ0) is 22.0. The van der Waals surface area contributed by atoms with Crippen LogP contribution in [0.25, 0.3) is 22.2 Å². The molecule has 2 aromatic heterocycles. The number of amides is 1. The van der Waals surface area contributed by atoms with Gasteiger partial charge >= 0.3 is 5.69 Å². The van der Waals surface area contributed by atoms with Gasteiger partial charge in [-0.25, -0.2) is 9.78 Å². The summed E-state index contributed by atoms with van der Waals surface area (Å²) in [6.45, 7) is 1.75. The maximum absolute atomic E-state index is 12.8. The fraction of sp³-hybridized carbons (Fsp3) is 0.182. The monoisotopic (exact) mass is 452 g/mol. The molecule has 0 atom stereocenters. The zero-order valence-electron chi connectivity index (χ0n) is 17.0. The Morgan fingerprint density at radius 3 is 2.55 bits per heavy atom. The second kappa shape index (κ2) is 8.91. The Labute approximate surface area is 186 Å². The Morgan fingerprint density at radius 1 is 1.10 bits per heavy atom. The predicted octanol–water partition coefficient (Wildman–Crippen LogP) is 3.67. The van der Waals surface area contributed by atoms with Crippen LogP contribution < -0.4 is 16.6 Å². The molecule has 0 unspecified atom stereocenters. The Kier molecular flexibility index (Phi) is 6.06. The first-order valence-electron chi connectivity index (χ1n) is 9.64. The molecule has 2 heterocycles. The minimum Gasteiger partial charge on any atom is -0.300 e. The third-order valence-corrected chi connectivity index (χ3v) is 6.39. The molecule has 0 spiro atoms. The zero-order valence-corrected chi connectivity index (χ0v) is 18.6. The van der Waals surface area contributed by atoms with Crippen LogP contribution in [0.4, 0.5) is 5.13 Å². The number of rotatable bonds is 6. The lowest BCUT2D eigenvalue weighted by atomic mass is 10.2. The van der Waals surface area contributed by atoms with Crippen molar-refractivity contribution in [2.24, 2.45) is 0 Å². The summed E-state index contributed by atoms with van der Waals surface area (Å²) in [7, 11) is 0. The van der Waals surface area contributed by atoms with Crippen molar-refractivity contribution in [2.45, 2.75) is 24.9 Å². The Balaban J connectivity index is 1.59. The highest BCUT2D eigenvalue weighted by Gasteiger charge is 2.15. The normalized spacial score (nSPS) is 11.0. The largest absolute Gasteiger partial charge is 0.331 e. The van der Waals surface area contributed by atoms with Crippen LogP contribution in [0.15, 0.2) is 68.4 Å². The average Bonchev–Trinajstić information content (AvgIpc) is 3.25. The van der Waals surface area contributed by atoms with E-state index in [0.717, 1.165) is 15.8 Å². The van der Waals surface area contributed by atoms with Crippen LogP contribution in [-0.2, 0) is 17.9 Å². The van der Waals surface area contributed by atoms with E-state index in [4.69, 9.17) is 0 Å². The van der Waals surface area contributed by atoms with E-state index >= 15 is 0 Å². The number of thioether (sulfide) groups is 1. The number of para-hydroxylation sites is 1. The summed E-state index contributed by atoms with van der Waals surface area (Å²) < 4.78 is 2.46. The average molecular weight is 453 g/mol. The van der Waals surface area contributed by atoms with Gasteiger partial charge in [0, 0.05) is 22.4 Å². The Bertz CT molecular complexity index is 1370. The van der Waals surface area contributed by atoms with E-state index < -0.39 is 5.69 Å². The molecule has 1 N–H and O–H groups in total. The Hall–Kier alpha value is -3.17. The second-order valence-corrected chi connectivity index (χ2v) is 8.49. The molecule has 31 heavy (non-hydrogen) atoms. The molecule has 0 radical (unpaired) electrons. The molecule has 9 heteroatoms. The van der Waals surface area contributed by atoms with E-state index in [0.29, 0.717) is 16.0 Å². The van der Waals surface area contributed by atoms with Crippen LogP contribution >= 0.6 is 23.1 Å². The molecule has 7 nitrogen and oxygen atoms in total. The quantitative estimate of drug-likeness (QED) is 0.451. The summed E-state index contributed by atoms with van der Waals surface area (Å²) in [5, 5.41) is 5.50. The van der Waals surface area contributed by atoms with Crippen LogP contribution in [0.5, 0.6) is 0 Å². The molecule has 158 valence electrons. The summed E-state index contributed by atoms with van der Waals surface area (Å²) in [6.07, 6.45) is 2.02. The molecule has 0 saturated heterocycles. The second-order valence-electron chi connectivity index (χ2n) is 6.75. The predicted molar refractivity (Wildman–Crippen MR) is 126 cm³/mol. The van der Waals surface area contributed by atoms with Gasteiger partial charge in [-0.05, 0) is 37.4 Å². The van der Waals surface area contributed by atoms with Crippen molar-refractivity contribution in [3.05, 3.63) is 74.7 Å². The molecule has 2 aromatic carbocycles. The van der Waals surface area contributed by atoms with Gasteiger partial charge in [0.25, 0.3) is 5.56 Å². The van der Waals surface area contributed by atoms with Crippen molar-refractivity contribution in [2.75, 3.05) is 11.6 Å². The number of carbonyl (C=O) groups is 1. The Morgan fingerprint density at radius 2 is 1.84 bits per heavy atom. The molecule has 0 aliphatic heterocycles. The van der Waals surface area contributed by atoms with Gasteiger partial charge in [0.2, 0.25) is 5.91 Å². The standard InChI is InChI=1S/C22H20N4O3S2/c1-3-25-20(28)16-6-4-5-7-18(16)26(22(25)29)12-19(27)24-21-23-17(13-31-21)14-8-10-15(30-2)11-9-14/h4-11,13H,3,12H2,1-2H3,(H,23,24,27). The number of carbonyl (C=O) groups excluding carboxylic acids is 1. The number of thiazole rings is 1. The minimum absolute atomic E-state index is 0.211. The molecule has 0 aliphatic carbocycles. The molecule has 0 aliphatic rings. The number of nitrogens with zero attached hydrogens (tertiary/aromatic N) is 3. The number of anilines is 1. The van der Waals surface area contributed by atoms with Crippen LogP contribution in [0.3, 0.4) is 0 Å². The number of nitrogens with one attached hydrogen (secondary N) is 1. The van der Waals surface area contributed by atoms with Crippen LogP contribution in [-0.4, -0.2) is 26.3 Å². The fourth-order valence-corrected chi connectivity index (χ4v) is 4.47. The lowest BCUT2D eigenvalue weighted by Crippen LogP contribution is -2.41. The van der Waals surface area contributed by atoms with Crippen LogP contribution in [0, 0.1) is 0 Å². The lowest BCUT2D eigenvalue weighted by molar-refractivity contribution is -0.116. The molecule has 4 aromatic rings. The van der Waals surface area contributed by atoms with E-state index in [2.05, 4.69) is 10.3 Å². The number of benzene rings is 2. The summed E-state index contributed by atoms with van der Waals surface area (Å²) in [4.78, 5) is 43.7. The van der Waals surface area contributed by atoms with Gasteiger partial charge in [0.05, 0.1) is 16.6 Å². The molecular weight excluding hydrogens is 432 g/mol. The first-order chi connectivity index (χ1) is 15.0. The third kappa shape index (κ3) is 4.19. The van der Waals surface area contributed by atoms with Gasteiger partial charge in [0.15, 0.2) is 5.13 Å². The number of hydrogen-bond acceptors (Lipinski definition) is 6. The fourth-order valence-electron chi connectivity index (χ4n) is 3.33. The molecule has 1 amide bonds. The van der Waals surface area contributed by atoms with Crippen LogP contribution in [0.2, 0.25) is 0 Å². The van der Waals surface area contributed by atoms with Gasteiger partial charge in [-0.1, -0.05) is 24.3 Å². The van der Waals surface area contributed by atoms with E-state index in [-0.39, 0.29) is 24.6 Å².